The molecule has 3 aromatic rings. The Labute approximate surface area is 174 Å². The Kier molecular flexibility index (Phi) is 6.48. The Balaban J connectivity index is 1.73. The molecule has 1 N–H and O–H groups in total. The Morgan fingerprint density at radius 2 is 1.80 bits per heavy atom. The number of benzene rings is 2. The Morgan fingerprint density at radius 1 is 1.10 bits per heavy atom. The third kappa shape index (κ3) is 4.50. The largest absolute Gasteiger partial charge is 0.497 e. The first kappa shape index (κ1) is 21.5. The fourth-order valence-electron chi connectivity index (χ4n) is 2.81. The lowest BCUT2D eigenvalue weighted by Crippen LogP contribution is -2.30. The summed E-state index contributed by atoms with van der Waals surface area (Å²) < 4.78 is 37.1. The number of anilines is 1. The van der Waals surface area contributed by atoms with Crippen molar-refractivity contribution in [3.63, 3.8) is 0 Å². The second-order valence-corrected chi connectivity index (χ2v) is 8.15. The van der Waals surface area contributed by atoms with Gasteiger partial charge in [-0.05, 0) is 42.5 Å². The van der Waals surface area contributed by atoms with Gasteiger partial charge in [0.2, 0.25) is 15.9 Å². The summed E-state index contributed by atoms with van der Waals surface area (Å²) in [6, 6.07) is 12.7. The van der Waals surface area contributed by atoms with Crippen LogP contribution in [0.5, 0.6) is 5.75 Å². The van der Waals surface area contributed by atoms with Crippen LogP contribution < -0.4 is 10.1 Å². The summed E-state index contributed by atoms with van der Waals surface area (Å²) in [7, 11) is -2.03. The zero-order valence-corrected chi connectivity index (χ0v) is 17.6. The van der Waals surface area contributed by atoms with E-state index < -0.39 is 15.9 Å². The minimum atomic E-state index is -3.59. The molecule has 0 atom stereocenters. The summed E-state index contributed by atoms with van der Waals surface area (Å²) in [5, 5.41) is 10.3. The van der Waals surface area contributed by atoms with Gasteiger partial charge < -0.3 is 9.15 Å². The van der Waals surface area contributed by atoms with E-state index in [4.69, 9.17) is 9.15 Å². The molecule has 0 saturated carbocycles. The fraction of sp³-hybridized carbons (Fsp3) is 0.250. The molecule has 0 radical (unpaired) electrons. The van der Waals surface area contributed by atoms with E-state index in [1.807, 2.05) is 0 Å². The first-order chi connectivity index (χ1) is 14.4. The van der Waals surface area contributed by atoms with E-state index in [-0.39, 0.29) is 22.4 Å². The van der Waals surface area contributed by atoms with Gasteiger partial charge in [0.05, 0.1) is 12.0 Å². The third-order valence-corrected chi connectivity index (χ3v) is 6.49. The monoisotopic (exact) mass is 430 g/mol. The molecular formula is C20H22N4O5S. The number of carbonyl (C=O) groups excluding carboxylic acids is 1. The van der Waals surface area contributed by atoms with Crippen LogP contribution in [0.25, 0.3) is 11.5 Å². The van der Waals surface area contributed by atoms with Gasteiger partial charge in [-0.25, -0.2) is 8.42 Å². The molecule has 0 bridgehead atoms. The zero-order chi connectivity index (χ0) is 21.7. The van der Waals surface area contributed by atoms with Gasteiger partial charge >= 0.3 is 6.01 Å². The number of aromatic nitrogens is 2. The van der Waals surface area contributed by atoms with Crippen molar-refractivity contribution in [1.29, 1.82) is 0 Å². The number of rotatable bonds is 8. The van der Waals surface area contributed by atoms with Gasteiger partial charge in [-0.3, -0.25) is 10.1 Å². The Hall–Kier alpha value is -3.24. The number of amides is 1. The lowest BCUT2D eigenvalue weighted by molar-refractivity contribution is 0.102. The van der Waals surface area contributed by atoms with E-state index in [2.05, 4.69) is 15.5 Å². The van der Waals surface area contributed by atoms with Crippen LogP contribution in [0.1, 0.15) is 24.2 Å². The summed E-state index contributed by atoms with van der Waals surface area (Å²) in [4.78, 5) is 12.6. The molecule has 2 aromatic carbocycles. The maximum Gasteiger partial charge on any atom is 0.322 e. The van der Waals surface area contributed by atoms with Crippen LogP contribution in [-0.2, 0) is 10.0 Å². The van der Waals surface area contributed by atoms with E-state index in [9.17, 15) is 13.2 Å². The smallest absolute Gasteiger partial charge is 0.322 e. The number of carbonyl (C=O) groups is 1. The van der Waals surface area contributed by atoms with E-state index in [0.717, 1.165) is 0 Å². The van der Waals surface area contributed by atoms with Crippen LogP contribution in [0.2, 0.25) is 0 Å². The summed E-state index contributed by atoms with van der Waals surface area (Å²) in [6.45, 7) is 4.28. The number of nitrogens with one attached hydrogen (secondary N) is 1. The number of ether oxygens (including phenoxy) is 1. The van der Waals surface area contributed by atoms with Crippen LogP contribution in [0.4, 0.5) is 6.01 Å². The Bertz CT molecular complexity index is 1120. The second-order valence-electron chi connectivity index (χ2n) is 6.21. The highest BCUT2D eigenvalue weighted by atomic mass is 32.2. The minimum absolute atomic E-state index is 0.0716. The SMILES string of the molecule is CCN(CC)S(=O)(=O)c1ccc(C(=O)Nc2nnc(-c3cccc(OC)c3)o2)cc1. The number of hydrogen-bond donors (Lipinski definition) is 1. The van der Waals surface area contributed by atoms with Gasteiger partial charge in [0.1, 0.15) is 5.75 Å². The van der Waals surface area contributed by atoms with Gasteiger partial charge in [0, 0.05) is 24.2 Å². The predicted octanol–water partition coefficient (Wildman–Crippen LogP) is 3.03. The van der Waals surface area contributed by atoms with Gasteiger partial charge in [-0.2, -0.15) is 4.31 Å². The number of sulfonamides is 1. The molecule has 30 heavy (non-hydrogen) atoms. The molecule has 10 heteroatoms. The summed E-state index contributed by atoms with van der Waals surface area (Å²) in [6.07, 6.45) is 0. The van der Waals surface area contributed by atoms with Crippen molar-refractivity contribution in [2.75, 3.05) is 25.5 Å². The average molecular weight is 430 g/mol. The van der Waals surface area contributed by atoms with Crippen molar-refractivity contribution in [3.05, 3.63) is 54.1 Å². The quantitative estimate of drug-likeness (QED) is 0.584. The standard InChI is InChI=1S/C20H22N4O5S/c1-4-24(5-2)30(26,27)17-11-9-14(10-12-17)18(25)21-20-23-22-19(29-20)15-7-6-8-16(13-15)28-3/h6-13H,4-5H2,1-3H3,(H,21,23,25). The number of methoxy groups -OCH3 is 1. The maximum absolute atomic E-state index is 12.5. The molecule has 0 aliphatic carbocycles. The lowest BCUT2D eigenvalue weighted by atomic mass is 10.2. The van der Waals surface area contributed by atoms with Gasteiger partial charge in [0.15, 0.2) is 0 Å². The molecule has 0 fully saturated rings. The van der Waals surface area contributed by atoms with Crippen molar-refractivity contribution in [3.8, 4) is 17.2 Å². The van der Waals surface area contributed by atoms with Gasteiger partial charge in [0.25, 0.3) is 5.91 Å². The number of hydrogen-bond acceptors (Lipinski definition) is 7. The molecular weight excluding hydrogens is 408 g/mol. The van der Waals surface area contributed by atoms with E-state index >= 15 is 0 Å². The van der Waals surface area contributed by atoms with Gasteiger partial charge in [-0.1, -0.05) is 25.0 Å². The van der Waals surface area contributed by atoms with Crippen molar-refractivity contribution in [2.45, 2.75) is 18.7 Å². The number of nitrogens with zero attached hydrogens (tertiary/aromatic N) is 3. The third-order valence-electron chi connectivity index (χ3n) is 4.42. The molecule has 0 spiro atoms. The molecule has 0 unspecified atom stereocenters. The highest BCUT2D eigenvalue weighted by Crippen LogP contribution is 2.24. The molecule has 1 amide bonds. The lowest BCUT2D eigenvalue weighted by Gasteiger charge is -2.18. The van der Waals surface area contributed by atoms with Crippen LogP contribution in [0.3, 0.4) is 0 Å². The normalized spacial score (nSPS) is 11.5. The molecule has 9 nitrogen and oxygen atoms in total. The second kappa shape index (κ2) is 9.06. The van der Waals surface area contributed by atoms with Crippen molar-refractivity contribution < 1.29 is 22.4 Å². The molecule has 0 aliphatic rings. The topological polar surface area (TPSA) is 115 Å². The van der Waals surface area contributed by atoms with Crippen molar-refractivity contribution in [2.24, 2.45) is 0 Å². The molecule has 0 aliphatic heterocycles. The van der Waals surface area contributed by atoms with Crippen LogP contribution in [-0.4, -0.2) is 49.0 Å². The Morgan fingerprint density at radius 3 is 2.43 bits per heavy atom. The van der Waals surface area contributed by atoms with E-state index in [1.54, 1.807) is 45.2 Å². The maximum atomic E-state index is 12.5. The summed E-state index contributed by atoms with van der Waals surface area (Å²) in [5.74, 6) is 0.364. The summed E-state index contributed by atoms with van der Waals surface area (Å²) in [5.41, 5.74) is 0.905. The van der Waals surface area contributed by atoms with Crippen molar-refractivity contribution in [1.82, 2.24) is 14.5 Å². The molecule has 0 saturated heterocycles. The van der Waals surface area contributed by atoms with E-state index in [1.165, 1.54) is 28.6 Å². The zero-order valence-electron chi connectivity index (χ0n) is 16.8. The highest BCUT2D eigenvalue weighted by Gasteiger charge is 2.22. The molecule has 158 valence electrons. The first-order valence-electron chi connectivity index (χ1n) is 9.28. The van der Waals surface area contributed by atoms with Crippen LogP contribution in [0.15, 0.2) is 57.8 Å². The highest BCUT2D eigenvalue weighted by molar-refractivity contribution is 7.89. The van der Waals surface area contributed by atoms with Crippen LogP contribution in [0, 0.1) is 0 Å². The van der Waals surface area contributed by atoms with Crippen LogP contribution >= 0.6 is 0 Å². The minimum Gasteiger partial charge on any atom is -0.497 e. The van der Waals surface area contributed by atoms with Gasteiger partial charge in [-0.15, -0.1) is 5.10 Å². The average Bonchev–Trinajstić information content (AvgIpc) is 3.23. The molecule has 1 heterocycles. The molecule has 1 aromatic heterocycles. The predicted molar refractivity (Wildman–Crippen MR) is 111 cm³/mol. The molecule has 3 rings (SSSR count). The fourth-order valence-corrected chi connectivity index (χ4v) is 4.26. The summed E-state index contributed by atoms with van der Waals surface area (Å²) >= 11 is 0. The first-order valence-corrected chi connectivity index (χ1v) is 10.7. The van der Waals surface area contributed by atoms with Crippen molar-refractivity contribution >= 4 is 21.9 Å². The van der Waals surface area contributed by atoms with E-state index in [0.29, 0.717) is 24.4 Å².